The van der Waals surface area contributed by atoms with E-state index >= 15 is 0 Å². The second kappa shape index (κ2) is 8.59. The van der Waals surface area contributed by atoms with Crippen molar-refractivity contribution in [2.45, 2.75) is 45.1 Å². The summed E-state index contributed by atoms with van der Waals surface area (Å²) in [5.41, 5.74) is 4.88. The van der Waals surface area contributed by atoms with Gasteiger partial charge in [-0.3, -0.25) is 4.79 Å². The third-order valence-corrected chi connectivity index (χ3v) is 3.39. The molecule has 0 aliphatic rings. The van der Waals surface area contributed by atoms with Crippen molar-refractivity contribution in [2.24, 2.45) is 5.73 Å². The first kappa shape index (κ1) is 16.5. The molecule has 1 aromatic rings. The number of carbonyl (C=O) groups is 1. The van der Waals surface area contributed by atoms with Gasteiger partial charge in [0.2, 0.25) is 5.91 Å². The maximum Gasteiger partial charge on any atom is 0.237 e. The molecule has 0 bridgehead atoms. The zero-order valence-electron chi connectivity index (χ0n) is 12.5. The zero-order valence-corrected chi connectivity index (χ0v) is 12.5. The molecule has 4 heteroatoms. The molecule has 0 aliphatic heterocycles. The summed E-state index contributed by atoms with van der Waals surface area (Å²) in [5, 5.41) is 3.24. The van der Waals surface area contributed by atoms with Crippen LogP contribution in [-0.4, -0.2) is 24.6 Å². The minimum absolute atomic E-state index is 0.282. The predicted octanol–water partition coefficient (Wildman–Crippen LogP) is 2.48. The van der Waals surface area contributed by atoms with Crippen molar-refractivity contribution < 1.29 is 9.53 Å². The second-order valence-corrected chi connectivity index (χ2v) is 5.24. The Hall–Kier alpha value is -1.55. The highest BCUT2D eigenvalue weighted by atomic mass is 16.5. The third-order valence-electron chi connectivity index (χ3n) is 3.39. The molecule has 1 unspecified atom stereocenters. The fourth-order valence-electron chi connectivity index (χ4n) is 1.99. The molecule has 112 valence electrons. The lowest BCUT2D eigenvalue weighted by Crippen LogP contribution is -2.53. The molecule has 0 saturated carbocycles. The maximum absolute atomic E-state index is 11.5. The van der Waals surface area contributed by atoms with Crippen molar-refractivity contribution in [2.75, 3.05) is 13.2 Å². The summed E-state index contributed by atoms with van der Waals surface area (Å²) < 4.78 is 5.63. The molecule has 4 nitrogen and oxygen atoms in total. The Kier molecular flexibility index (Phi) is 7.09. The number of carbonyl (C=O) groups excluding carboxylic acids is 1. The number of unbranched alkanes of at least 4 members (excludes halogenated alkanes) is 1. The van der Waals surface area contributed by atoms with Crippen LogP contribution in [-0.2, 0) is 4.79 Å². The first-order chi connectivity index (χ1) is 9.58. The van der Waals surface area contributed by atoms with Crippen LogP contribution >= 0.6 is 0 Å². The largest absolute Gasteiger partial charge is 0.494 e. The minimum atomic E-state index is -0.608. The molecule has 0 heterocycles. The summed E-state index contributed by atoms with van der Waals surface area (Å²) in [4.78, 5) is 11.5. The summed E-state index contributed by atoms with van der Waals surface area (Å²) in [6.45, 7) is 5.41. The Balaban J connectivity index is 2.25. The Morgan fingerprint density at radius 3 is 2.60 bits per heavy atom. The van der Waals surface area contributed by atoms with Gasteiger partial charge in [0, 0.05) is 0 Å². The van der Waals surface area contributed by atoms with Gasteiger partial charge in [0.05, 0.1) is 12.1 Å². The van der Waals surface area contributed by atoms with Gasteiger partial charge in [-0.15, -0.1) is 0 Å². The first-order valence-electron chi connectivity index (χ1n) is 7.31. The summed E-state index contributed by atoms with van der Waals surface area (Å²) in [6, 6.07) is 9.75. The van der Waals surface area contributed by atoms with Crippen LogP contribution in [0.3, 0.4) is 0 Å². The van der Waals surface area contributed by atoms with Crippen LogP contribution in [0.15, 0.2) is 30.3 Å². The van der Waals surface area contributed by atoms with E-state index in [9.17, 15) is 4.79 Å². The van der Waals surface area contributed by atoms with Crippen LogP contribution in [0.2, 0.25) is 0 Å². The highest BCUT2D eigenvalue weighted by molar-refractivity contribution is 5.84. The number of para-hydroxylation sites is 1. The second-order valence-electron chi connectivity index (χ2n) is 5.24. The molecule has 20 heavy (non-hydrogen) atoms. The van der Waals surface area contributed by atoms with Gasteiger partial charge < -0.3 is 15.8 Å². The van der Waals surface area contributed by atoms with Crippen LogP contribution in [0.4, 0.5) is 0 Å². The van der Waals surface area contributed by atoms with Gasteiger partial charge >= 0.3 is 0 Å². The number of hydrogen-bond acceptors (Lipinski definition) is 3. The molecule has 1 aromatic carbocycles. The lowest BCUT2D eigenvalue weighted by atomic mass is 9.94. The number of benzene rings is 1. The van der Waals surface area contributed by atoms with E-state index in [1.165, 1.54) is 0 Å². The third kappa shape index (κ3) is 5.61. The van der Waals surface area contributed by atoms with Gasteiger partial charge in [-0.1, -0.05) is 25.1 Å². The average Bonchev–Trinajstić information content (AvgIpc) is 2.45. The SMILES string of the molecule is CCCNC(C)(CCCCOc1ccccc1)C(N)=O. The van der Waals surface area contributed by atoms with E-state index in [-0.39, 0.29) is 5.91 Å². The van der Waals surface area contributed by atoms with Crippen LogP contribution in [0, 0.1) is 0 Å². The molecule has 0 fully saturated rings. The topological polar surface area (TPSA) is 64.3 Å². The van der Waals surface area contributed by atoms with Gasteiger partial charge in [0.25, 0.3) is 0 Å². The fourth-order valence-corrected chi connectivity index (χ4v) is 1.99. The summed E-state index contributed by atoms with van der Waals surface area (Å²) >= 11 is 0. The van der Waals surface area contributed by atoms with E-state index < -0.39 is 5.54 Å². The number of nitrogens with one attached hydrogen (secondary N) is 1. The summed E-state index contributed by atoms with van der Waals surface area (Å²) in [5.74, 6) is 0.601. The van der Waals surface area contributed by atoms with E-state index in [2.05, 4.69) is 12.2 Å². The van der Waals surface area contributed by atoms with E-state index in [4.69, 9.17) is 10.5 Å². The van der Waals surface area contributed by atoms with Gasteiger partial charge in [-0.2, -0.15) is 0 Å². The number of primary amides is 1. The minimum Gasteiger partial charge on any atom is -0.494 e. The Bertz CT molecular complexity index is 395. The average molecular weight is 278 g/mol. The molecule has 1 rings (SSSR count). The Morgan fingerprint density at radius 1 is 1.30 bits per heavy atom. The normalized spacial score (nSPS) is 13.7. The smallest absolute Gasteiger partial charge is 0.237 e. The first-order valence-corrected chi connectivity index (χ1v) is 7.31. The monoisotopic (exact) mass is 278 g/mol. The molecule has 1 atom stereocenters. The number of hydrogen-bond donors (Lipinski definition) is 2. The summed E-state index contributed by atoms with van der Waals surface area (Å²) in [6.07, 6.45) is 3.54. The van der Waals surface area contributed by atoms with Crippen LogP contribution in [0.25, 0.3) is 0 Å². The standard InChI is InChI=1S/C16H26N2O2/c1-3-12-18-16(2,15(17)19)11-7-8-13-20-14-9-5-4-6-10-14/h4-6,9-10,18H,3,7-8,11-13H2,1-2H3,(H2,17,19). The van der Waals surface area contributed by atoms with Crippen molar-refractivity contribution >= 4 is 5.91 Å². The quantitative estimate of drug-likeness (QED) is 0.646. The molecule has 0 spiro atoms. The highest BCUT2D eigenvalue weighted by Crippen LogP contribution is 2.15. The number of amides is 1. The molecule has 0 saturated heterocycles. The van der Waals surface area contributed by atoms with Gasteiger partial charge in [-0.25, -0.2) is 0 Å². The Morgan fingerprint density at radius 2 is 2.00 bits per heavy atom. The van der Waals surface area contributed by atoms with E-state index in [0.29, 0.717) is 6.61 Å². The number of ether oxygens (including phenoxy) is 1. The number of rotatable bonds is 10. The maximum atomic E-state index is 11.5. The molecule has 0 aliphatic carbocycles. The molecular weight excluding hydrogens is 252 g/mol. The lowest BCUT2D eigenvalue weighted by Gasteiger charge is -2.27. The predicted molar refractivity (Wildman–Crippen MR) is 81.7 cm³/mol. The fraction of sp³-hybridized carbons (Fsp3) is 0.562. The van der Waals surface area contributed by atoms with Crippen molar-refractivity contribution in [3.63, 3.8) is 0 Å². The van der Waals surface area contributed by atoms with Gasteiger partial charge in [0.15, 0.2) is 0 Å². The van der Waals surface area contributed by atoms with Crippen molar-refractivity contribution in [1.29, 1.82) is 0 Å². The molecule has 3 N–H and O–H groups in total. The van der Waals surface area contributed by atoms with Crippen molar-refractivity contribution in [3.05, 3.63) is 30.3 Å². The van der Waals surface area contributed by atoms with Crippen molar-refractivity contribution in [1.82, 2.24) is 5.32 Å². The van der Waals surface area contributed by atoms with Crippen LogP contribution in [0.1, 0.15) is 39.5 Å². The molecular formula is C16H26N2O2. The summed E-state index contributed by atoms with van der Waals surface area (Å²) in [7, 11) is 0. The Labute approximate surface area is 121 Å². The zero-order chi connectivity index (χ0) is 14.8. The van der Waals surface area contributed by atoms with Crippen LogP contribution < -0.4 is 15.8 Å². The van der Waals surface area contributed by atoms with Crippen molar-refractivity contribution in [3.8, 4) is 5.75 Å². The molecule has 0 radical (unpaired) electrons. The van der Waals surface area contributed by atoms with Gasteiger partial charge in [-0.05, 0) is 51.3 Å². The lowest BCUT2D eigenvalue weighted by molar-refractivity contribution is -0.124. The van der Waals surface area contributed by atoms with E-state index in [1.54, 1.807) is 0 Å². The molecule has 1 amide bonds. The molecule has 0 aromatic heterocycles. The van der Waals surface area contributed by atoms with Crippen LogP contribution in [0.5, 0.6) is 5.75 Å². The highest BCUT2D eigenvalue weighted by Gasteiger charge is 2.29. The number of nitrogens with two attached hydrogens (primary N) is 1. The van der Waals surface area contributed by atoms with E-state index in [0.717, 1.165) is 38.0 Å². The van der Waals surface area contributed by atoms with Gasteiger partial charge in [0.1, 0.15) is 5.75 Å². The van der Waals surface area contributed by atoms with E-state index in [1.807, 2.05) is 37.3 Å².